The number of aromatic amines is 1. The first kappa shape index (κ1) is 24.9. The highest BCUT2D eigenvalue weighted by Gasteiger charge is 2.40. The van der Waals surface area contributed by atoms with Crippen LogP contribution >= 0.6 is 22.6 Å². The van der Waals surface area contributed by atoms with Gasteiger partial charge in [-0.1, -0.05) is 35.4 Å². The predicted molar refractivity (Wildman–Crippen MR) is 134 cm³/mol. The molecule has 35 heavy (non-hydrogen) atoms. The molecule has 0 spiro atoms. The third-order valence-corrected chi connectivity index (χ3v) is 6.40. The van der Waals surface area contributed by atoms with Crippen LogP contribution in [0.1, 0.15) is 44.5 Å². The largest absolute Gasteiger partial charge is 0.459 e. The van der Waals surface area contributed by atoms with Gasteiger partial charge < -0.3 is 14.2 Å². The van der Waals surface area contributed by atoms with E-state index in [1.165, 1.54) is 10.8 Å². The molecule has 0 amide bonds. The Morgan fingerprint density at radius 1 is 1.00 bits per heavy atom. The molecule has 0 aliphatic carbocycles. The number of esters is 2. The van der Waals surface area contributed by atoms with E-state index in [1.54, 1.807) is 48.5 Å². The van der Waals surface area contributed by atoms with Crippen molar-refractivity contribution in [1.29, 1.82) is 0 Å². The van der Waals surface area contributed by atoms with Gasteiger partial charge in [-0.2, -0.15) is 0 Å². The fourth-order valence-electron chi connectivity index (χ4n) is 3.65. The Balaban J connectivity index is 1.53. The minimum atomic E-state index is -0.827. The molecule has 1 fully saturated rings. The average molecular weight is 590 g/mol. The van der Waals surface area contributed by atoms with Gasteiger partial charge in [0.1, 0.15) is 25.0 Å². The maximum atomic E-state index is 12.8. The van der Waals surface area contributed by atoms with Crippen molar-refractivity contribution in [3.05, 3.63) is 101 Å². The summed E-state index contributed by atoms with van der Waals surface area (Å²) in [5, 5.41) is 0. The SMILES string of the molecule is Cc1ccc(C(=O)OC[C@H]2O[C@H](n3cc(I)c(=O)[nH]c3=O)C[C@@H]2OC(=O)c2ccc(C)cc2)cc1. The van der Waals surface area contributed by atoms with Gasteiger partial charge >= 0.3 is 17.6 Å². The highest BCUT2D eigenvalue weighted by atomic mass is 127. The zero-order valence-electron chi connectivity index (χ0n) is 19.0. The van der Waals surface area contributed by atoms with Crippen molar-refractivity contribution >= 4 is 34.5 Å². The lowest BCUT2D eigenvalue weighted by atomic mass is 10.1. The number of ether oxygens (including phenoxy) is 3. The summed E-state index contributed by atoms with van der Waals surface area (Å²) < 4.78 is 18.7. The van der Waals surface area contributed by atoms with E-state index in [1.807, 2.05) is 36.4 Å². The van der Waals surface area contributed by atoms with Crippen LogP contribution in [0, 0.1) is 17.4 Å². The van der Waals surface area contributed by atoms with Crippen LogP contribution in [0.5, 0.6) is 0 Å². The minimum absolute atomic E-state index is 0.131. The summed E-state index contributed by atoms with van der Waals surface area (Å²) in [5.41, 5.74) is 1.60. The van der Waals surface area contributed by atoms with Crippen molar-refractivity contribution in [3.63, 3.8) is 0 Å². The van der Waals surface area contributed by atoms with Gasteiger partial charge in [0.25, 0.3) is 5.56 Å². The smallest absolute Gasteiger partial charge is 0.338 e. The third-order valence-electron chi connectivity index (χ3n) is 5.63. The van der Waals surface area contributed by atoms with E-state index in [4.69, 9.17) is 14.2 Å². The van der Waals surface area contributed by atoms with Crippen molar-refractivity contribution in [3.8, 4) is 0 Å². The average Bonchev–Trinajstić information content (AvgIpc) is 3.22. The van der Waals surface area contributed by atoms with Crippen LogP contribution in [-0.4, -0.2) is 40.3 Å². The Labute approximate surface area is 214 Å². The molecule has 1 N–H and O–H groups in total. The Morgan fingerprint density at radius 2 is 1.57 bits per heavy atom. The first-order chi connectivity index (χ1) is 16.7. The summed E-state index contributed by atoms with van der Waals surface area (Å²) in [6.07, 6.45) is -0.929. The van der Waals surface area contributed by atoms with Crippen molar-refractivity contribution in [1.82, 2.24) is 9.55 Å². The minimum Gasteiger partial charge on any atom is -0.459 e. The Morgan fingerprint density at radius 3 is 2.17 bits per heavy atom. The van der Waals surface area contributed by atoms with Crippen molar-refractivity contribution in [2.45, 2.75) is 38.7 Å². The lowest BCUT2D eigenvalue weighted by Crippen LogP contribution is -2.34. The molecule has 2 aromatic carbocycles. The van der Waals surface area contributed by atoms with Crippen LogP contribution in [0.25, 0.3) is 0 Å². The normalized spacial score (nSPS) is 19.3. The molecular weight excluding hydrogens is 567 g/mol. The van der Waals surface area contributed by atoms with E-state index >= 15 is 0 Å². The van der Waals surface area contributed by atoms with Crippen LogP contribution in [0.2, 0.25) is 0 Å². The molecule has 182 valence electrons. The highest BCUT2D eigenvalue weighted by Crippen LogP contribution is 2.31. The Hall–Kier alpha value is -3.25. The molecule has 10 heteroatoms. The monoisotopic (exact) mass is 590 g/mol. The molecule has 0 bridgehead atoms. The van der Waals surface area contributed by atoms with Gasteiger partial charge in [-0.05, 0) is 60.7 Å². The number of carbonyl (C=O) groups excluding carboxylic acids is 2. The van der Waals surface area contributed by atoms with E-state index in [0.717, 1.165) is 11.1 Å². The fourth-order valence-corrected chi connectivity index (χ4v) is 4.08. The van der Waals surface area contributed by atoms with Gasteiger partial charge in [0.05, 0.1) is 14.7 Å². The highest BCUT2D eigenvalue weighted by molar-refractivity contribution is 14.1. The zero-order valence-corrected chi connectivity index (χ0v) is 21.2. The quantitative estimate of drug-likeness (QED) is 0.347. The predicted octanol–water partition coefficient (Wildman–Crippen LogP) is 3.13. The van der Waals surface area contributed by atoms with Gasteiger partial charge in [-0.15, -0.1) is 0 Å². The first-order valence-corrected chi connectivity index (χ1v) is 12.0. The van der Waals surface area contributed by atoms with Gasteiger partial charge in [-0.25, -0.2) is 14.4 Å². The molecule has 0 unspecified atom stereocenters. The third kappa shape index (κ3) is 5.88. The number of hydrogen-bond donors (Lipinski definition) is 1. The second-order valence-corrected chi connectivity index (χ2v) is 9.44. The number of halogens is 1. The Kier molecular flexibility index (Phi) is 7.51. The second-order valence-electron chi connectivity index (χ2n) is 8.28. The molecule has 3 aromatic rings. The first-order valence-electron chi connectivity index (χ1n) is 10.9. The van der Waals surface area contributed by atoms with E-state index in [2.05, 4.69) is 4.98 Å². The number of rotatable bonds is 6. The summed E-state index contributed by atoms with van der Waals surface area (Å²) in [6, 6.07) is 13.8. The number of aryl methyl sites for hydroxylation is 2. The number of nitrogens with zero attached hydrogens (tertiary/aromatic N) is 1. The van der Waals surface area contributed by atoms with Crippen molar-refractivity contribution in [2.24, 2.45) is 0 Å². The van der Waals surface area contributed by atoms with Crippen molar-refractivity contribution in [2.75, 3.05) is 6.61 Å². The van der Waals surface area contributed by atoms with Crippen LogP contribution in [0.15, 0.2) is 64.3 Å². The summed E-state index contributed by atoms with van der Waals surface area (Å²) in [5.74, 6) is -1.10. The zero-order chi connectivity index (χ0) is 25.1. The topological polar surface area (TPSA) is 117 Å². The van der Waals surface area contributed by atoms with Gasteiger partial charge in [0, 0.05) is 12.6 Å². The maximum Gasteiger partial charge on any atom is 0.338 e. The molecule has 0 saturated carbocycles. The fraction of sp³-hybridized carbons (Fsp3) is 0.280. The lowest BCUT2D eigenvalue weighted by molar-refractivity contribution is -0.0583. The van der Waals surface area contributed by atoms with E-state index in [9.17, 15) is 19.2 Å². The summed E-state index contributed by atoms with van der Waals surface area (Å²) in [7, 11) is 0. The number of benzene rings is 2. The number of nitrogens with one attached hydrogen (secondary N) is 1. The van der Waals surface area contributed by atoms with Crippen LogP contribution in [0.3, 0.4) is 0 Å². The standard InChI is InChI=1S/C25H23IN2O7/c1-14-3-7-16(8-4-14)23(30)33-13-20-19(35-24(31)17-9-5-15(2)6-10-17)11-21(34-20)28-12-18(26)22(29)27-25(28)32/h3-10,12,19-21H,11,13H2,1-2H3,(H,27,29,32)/t19-,20+,21-/m0/s1. The van der Waals surface area contributed by atoms with Crippen LogP contribution in [0.4, 0.5) is 0 Å². The van der Waals surface area contributed by atoms with Crippen LogP contribution in [-0.2, 0) is 14.2 Å². The van der Waals surface area contributed by atoms with E-state index in [0.29, 0.717) is 14.7 Å². The number of H-pyrrole nitrogens is 1. The molecule has 1 aliphatic heterocycles. The molecule has 4 rings (SSSR count). The number of hydrogen-bond acceptors (Lipinski definition) is 7. The van der Waals surface area contributed by atoms with Crippen LogP contribution < -0.4 is 11.2 Å². The Bertz CT molecular complexity index is 1350. The summed E-state index contributed by atoms with van der Waals surface area (Å²) >= 11 is 1.81. The summed E-state index contributed by atoms with van der Waals surface area (Å²) in [4.78, 5) is 51.6. The maximum absolute atomic E-state index is 12.8. The molecule has 9 nitrogen and oxygen atoms in total. The number of aromatic nitrogens is 2. The van der Waals surface area contributed by atoms with Gasteiger partial charge in [-0.3, -0.25) is 14.3 Å². The molecular formula is C25H23IN2O7. The van der Waals surface area contributed by atoms with E-state index in [-0.39, 0.29) is 13.0 Å². The summed E-state index contributed by atoms with van der Waals surface area (Å²) in [6.45, 7) is 3.63. The second kappa shape index (κ2) is 10.6. The molecule has 1 saturated heterocycles. The van der Waals surface area contributed by atoms with Gasteiger partial charge in [0.2, 0.25) is 0 Å². The van der Waals surface area contributed by atoms with E-state index < -0.39 is 41.6 Å². The molecule has 2 heterocycles. The van der Waals surface area contributed by atoms with Gasteiger partial charge in [0.15, 0.2) is 0 Å². The lowest BCUT2D eigenvalue weighted by Gasteiger charge is -2.19. The molecule has 0 radical (unpaired) electrons. The molecule has 3 atom stereocenters. The number of carbonyl (C=O) groups is 2. The van der Waals surface area contributed by atoms with Crippen molar-refractivity contribution < 1.29 is 23.8 Å². The molecule has 1 aliphatic rings. The molecule has 1 aromatic heterocycles.